The van der Waals surface area contributed by atoms with Gasteiger partial charge in [0.2, 0.25) is 0 Å². The average molecular weight is 283 g/mol. The van der Waals surface area contributed by atoms with Crippen molar-refractivity contribution in [2.24, 2.45) is 0 Å². The zero-order valence-electron chi connectivity index (χ0n) is 12.2. The van der Waals surface area contributed by atoms with Crippen molar-refractivity contribution < 1.29 is 9.90 Å². The van der Waals surface area contributed by atoms with Gasteiger partial charge in [0.15, 0.2) is 0 Å². The van der Waals surface area contributed by atoms with Crippen molar-refractivity contribution in [1.29, 1.82) is 5.26 Å². The van der Waals surface area contributed by atoms with Gasteiger partial charge in [0.1, 0.15) is 6.04 Å². The van der Waals surface area contributed by atoms with E-state index in [0.29, 0.717) is 0 Å². The van der Waals surface area contributed by atoms with E-state index in [1.807, 2.05) is 38.1 Å². The normalized spacial score (nSPS) is 12.7. The number of nitriles is 1. The second-order valence-electron chi connectivity index (χ2n) is 5.54. The van der Waals surface area contributed by atoms with Crippen LogP contribution in [0.25, 0.3) is 11.1 Å². The van der Waals surface area contributed by atoms with Crippen LogP contribution in [0.5, 0.6) is 0 Å². The van der Waals surface area contributed by atoms with Gasteiger partial charge in [-0.25, -0.2) is 4.79 Å². The highest BCUT2D eigenvalue weighted by atomic mass is 16.4. The maximum Gasteiger partial charge on any atom is 0.328 e. The van der Waals surface area contributed by atoms with Crippen LogP contribution in [0.3, 0.4) is 0 Å². The molecule has 0 aliphatic rings. The minimum absolute atomic E-state index is 0.527. The van der Waals surface area contributed by atoms with E-state index >= 15 is 0 Å². The maximum atomic E-state index is 10.9. The molecule has 1 atom stereocenters. The Morgan fingerprint density at radius 1 is 1.33 bits per heavy atom. The Kier molecular flexibility index (Phi) is 3.81. The Hall–Kier alpha value is -2.61. The molecule has 1 N–H and O–H groups in total. The Morgan fingerprint density at radius 3 is 2.48 bits per heavy atom. The number of hydrogen-bond acceptors (Lipinski definition) is 3. The molecular weight excluding hydrogens is 266 g/mol. The second kappa shape index (κ2) is 5.41. The molecule has 1 aromatic carbocycles. The number of carboxylic acids is 1. The fourth-order valence-electron chi connectivity index (χ4n) is 1.96. The lowest BCUT2D eigenvalue weighted by atomic mass is 9.86. The van der Waals surface area contributed by atoms with Crippen LogP contribution in [0.4, 0.5) is 0 Å². The van der Waals surface area contributed by atoms with E-state index < -0.39 is 17.4 Å². The van der Waals surface area contributed by atoms with Gasteiger partial charge in [-0.1, -0.05) is 24.3 Å². The fraction of sp³-hybridized carbons (Fsp3) is 0.312. The highest BCUT2D eigenvalue weighted by Crippen LogP contribution is 2.26. The molecule has 2 aromatic rings. The first-order chi connectivity index (χ1) is 9.85. The van der Waals surface area contributed by atoms with Crippen molar-refractivity contribution in [2.45, 2.75) is 32.2 Å². The summed E-state index contributed by atoms with van der Waals surface area (Å²) >= 11 is 0. The minimum atomic E-state index is -0.921. The summed E-state index contributed by atoms with van der Waals surface area (Å²) in [4.78, 5) is 10.9. The van der Waals surface area contributed by atoms with Crippen LogP contribution >= 0.6 is 0 Å². The van der Waals surface area contributed by atoms with Gasteiger partial charge in [-0.15, -0.1) is 0 Å². The summed E-state index contributed by atoms with van der Waals surface area (Å²) in [5.41, 5.74) is 2.21. The molecule has 1 unspecified atom stereocenters. The van der Waals surface area contributed by atoms with Gasteiger partial charge in [0.05, 0.1) is 17.7 Å². The van der Waals surface area contributed by atoms with Gasteiger partial charge in [-0.05, 0) is 31.9 Å². The van der Waals surface area contributed by atoms with Crippen LogP contribution in [-0.4, -0.2) is 20.9 Å². The quantitative estimate of drug-likeness (QED) is 0.935. The predicted molar refractivity (Wildman–Crippen MR) is 78.6 cm³/mol. The van der Waals surface area contributed by atoms with Gasteiger partial charge in [0.25, 0.3) is 0 Å². The van der Waals surface area contributed by atoms with Crippen LogP contribution in [0.1, 0.15) is 32.4 Å². The molecule has 2 rings (SSSR count). The number of rotatable bonds is 4. The van der Waals surface area contributed by atoms with Crippen molar-refractivity contribution >= 4 is 5.97 Å². The minimum Gasteiger partial charge on any atom is -0.480 e. The molecule has 0 bridgehead atoms. The monoisotopic (exact) mass is 283 g/mol. The van der Waals surface area contributed by atoms with Crippen molar-refractivity contribution in [2.75, 3.05) is 0 Å². The first-order valence-corrected chi connectivity index (χ1v) is 6.64. The van der Waals surface area contributed by atoms with Gasteiger partial charge in [0, 0.05) is 11.8 Å². The third kappa shape index (κ3) is 2.95. The molecule has 0 fully saturated rings. The summed E-state index contributed by atoms with van der Waals surface area (Å²) in [5, 5.41) is 22.2. The molecule has 0 saturated carbocycles. The van der Waals surface area contributed by atoms with E-state index in [1.54, 1.807) is 19.3 Å². The van der Waals surface area contributed by atoms with E-state index in [2.05, 4.69) is 11.2 Å². The summed E-state index contributed by atoms with van der Waals surface area (Å²) in [6.45, 7) is 5.32. The molecule has 5 heteroatoms. The van der Waals surface area contributed by atoms with Crippen LogP contribution in [0.2, 0.25) is 0 Å². The number of hydrogen-bond donors (Lipinski definition) is 1. The standard InChI is InChI=1S/C16H17N3O2/c1-11(15(20)21)19-9-13(8-18-19)12-4-6-14(7-5-12)16(2,3)10-17/h4-9,11H,1-3H3,(H,20,21). The molecule has 0 aliphatic carbocycles. The van der Waals surface area contributed by atoms with Crippen LogP contribution < -0.4 is 0 Å². The molecular formula is C16H17N3O2. The molecule has 0 amide bonds. The topological polar surface area (TPSA) is 78.9 Å². The summed E-state index contributed by atoms with van der Waals surface area (Å²) in [7, 11) is 0. The first kappa shape index (κ1) is 14.8. The number of carbonyl (C=O) groups is 1. The van der Waals surface area contributed by atoms with E-state index in [1.165, 1.54) is 4.68 Å². The molecule has 0 radical (unpaired) electrons. The molecule has 108 valence electrons. The lowest BCUT2D eigenvalue weighted by molar-refractivity contribution is -0.140. The number of carboxylic acid groups (broad SMARTS) is 1. The van der Waals surface area contributed by atoms with Gasteiger partial charge in [-0.2, -0.15) is 10.4 Å². The fourth-order valence-corrected chi connectivity index (χ4v) is 1.96. The van der Waals surface area contributed by atoms with E-state index in [-0.39, 0.29) is 0 Å². The Balaban J connectivity index is 2.28. The van der Waals surface area contributed by atoms with Crippen molar-refractivity contribution in [3.05, 3.63) is 42.2 Å². The molecule has 0 aliphatic heterocycles. The molecule has 0 saturated heterocycles. The number of aromatic nitrogens is 2. The van der Waals surface area contributed by atoms with Gasteiger partial charge < -0.3 is 5.11 Å². The molecule has 1 aromatic heterocycles. The van der Waals surface area contributed by atoms with E-state index in [4.69, 9.17) is 10.4 Å². The van der Waals surface area contributed by atoms with Crippen molar-refractivity contribution in [3.8, 4) is 17.2 Å². The number of aliphatic carboxylic acids is 1. The summed E-state index contributed by atoms with van der Waals surface area (Å²) in [6.07, 6.45) is 3.35. The summed E-state index contributed by atoms with van der Waals surface area (Å²) in [6, 6.07) is 9.23. The lowest BCUT2D eigenvalue weighted by Crippen LogP contribution is -2.15. The van der Waals surface area contributed by atoms with Crippen LogP contribution in [0.15, 0.2) is 36.7 Å². The van der Waals surface area contributed by atoms with Gasteiger partial charge >= 0.3 is 5.97 Å². The largest absolute Gasteiger partial charge is 0.480 e. The molecule has 1 heterocycles. The zero-order chi connectivity index (χ0) is 15.6. The van der Waals surface area contributed by atoms with Gasteiger partial charge in [-0.3, -0.25) is 4.68 Å². The first-order valence-electron chi connectivity index (χ1n) is 6.64. The number of benzene rings is 1. The predicted octanol–water partition coefficient (Wildman–Crippen LogP) is 3.00. The average Bonchev–Trinajstić information content (AvgIpc) is 2.96. The summed E-state index contributed by atoms with van der Waals surface area (Å²) < 4.78 is 1.42. The zero-order valence-corrected chi connectivity index (χ0v) is 12.2. The highest BCUT2D eigenvalue weighted by molar-refractivity contribution is 5.71. The highest BCUT2D eigenvalue weighted by Gasteiger charge is 2.19. The van der Waals surface area contributed by atoms with Crippen LogP contribution in [0, 0.1) is 11.3 Å². The lowest BCUT2D eigenvalue weighted by Gasteiger charge is -2.15. The van der Waals surface area contributed by atoms with Crippen molar-refractivity contribution in [1.82, 2.24) is 9.78 Å². The second-order valence-corrected chi connectivity index (χ2v) is 5.54. The maximum absolute atomic E-state index is 10.9. The molecule has 5 nitrogen and oxygen atoms in total. The third-order valence-electron chi connectivity index (χ3n) is 3.58. The molecule has 0 spiro atoms. The Bertz CT molecular complexity index is 693. The number of nitrogens with zero attached hydrogens (tertiary/aromatic N) is 3. The SMILES string of the molecule is CC(C(=O)O)n1cc(-c2ccc(C(C)(C)C#N)cc2)cn1. The third-order valence-corrected chi connectivity index (χ3v) is 3.58. The Labute approximate surface area is 123 Å². The molecule has 21 heavy (non-hydrogen) atoms. The van der Waals surface area contributed by atoms with E-state index in [9.17, 15) is 4.79 Å². The van der Waals surface area contributed by atoms with E-state index in [0.717, 1.165) is 16.7 Å². The van der Waals surface area contributed by atoms with Crippen LogP contribution in [-0.2, 0) is 10.2 Å². The van der Waals surface area contributed by atoms with Crippen molar-refractivity contribution in [3.63, 3.8) is 0 Å². The Morgan fingerprint density at radius 2 is 1.95 bits per heavy atom. The summed E-state index contributed by atoms with van der Waals surface area (Å²) in [5.74, 6) is -0.921. The smallest absolute Gasteiger partial charge is 0.328 e.